The van der Waals surface area contributed by atoms with Gasteiger partial charge >= 0.3 is 11.9 Å². The Hall–Kier alpha value is -3.01. The van der Waals surface area contributed by atoms with Crippen molar-refractivity contribution in [3.63, 3.8) is 0 Å². The van der Waals surface area contributed by atoms with Crippen LogP contribution in [0.4, 0.5) is 5.95 Å². The molecule has 0 unspecified atom stereocenters. The number of ether oxygens (including phenoxy) is 2. The molecule has 0 aliphatic rings. The summed E-state index contributed by atoms with van der Waals surface area (Å²) >= 11 is 0. The van der Waals surface area contributed by atoms with Crippen LogP contribution in [0.15, 0.2) is 24.7 Å². The van der Waals surface area contributed by atoms with Crippen LogP contribution in [0.3, 0.4) is 0 Å². The van der Waals surface area contributed by atoms with Gasteiger partial charge in [-0.25, -0.2) is 14.8 Å². The Labute approximate surface area is 271 Å². The average molecular weight is 629 g/mol. The summed E-state index contributed by atoms with van der Waals surface area (Å²) in [6.45, 7) is 6.80. The number of nitrogens with two attached hydrogens (primary N) is 2. The van der Waals surface area contributed by atoms with Crippen LogP contribution in [-0.4, -0.2) is 50.7 Å². The standard InChI is InChI=1S/C35H60N6O4/c1-4-5-6-7-8-9-10-11-12-13-14-15-16-17-18-19-20-21-31(42)45-26-29(22-23-44-34(43)32(36)28(2)3)25-41-27-39-30-24-38-35(37)40-33(30)41/h20-21,24,27-29,32H,4-19,22-23,25-26,36H2,1-3H3,(H2,37,38,40)/t29-,32+/m1/s1. The number of fused-ring (bicyclic) bond motifs is 1. The summed E-state index contributed by atoms with van der Waals surface area (Å²) in [5.41, 5.74) is 12.9. The lowest BCUT2D eigenvalue weighted by atomic mass is 10.0. The molecule has 45 heavy (non-hydrogen) atoms. The van der Waals surface area contributed by atoms with Gasteiger partial charge in [0.15, 0.2) is 5.65 Å². The van der Waals surface area contributed by atoms with Crippen molar-refractivity contribution in [2.45, 2.75) is 143 Å². The van der Waals surface area contributed by atoms with Crippen molar-refractivity contribution in [2.75, 3.05) is 18.9 Å². The van der Waals surface area contributed by atoms with Gasteiger partial charge in [0.1, 0.15) is 11.6 Å². The number of hydrogen-bond acceptors (Lipinski definition) is 9. The zero-order valence-corrected chi connectivity index (χ0v) is 28.3. The molecular formula is C35H60N6O4. The number of imidazole rings is 1. The highest BCUT2D eigenvalue weighted by atomic mass is 16.5. The maximum absolute atomic E-state index is 12.4. The smallest absolute Gasteiger partial charge is 0.330 e. The molecule has 0 amide bonds. The quantitative estimate of drug-likeness (QED) is 0.0621. The van der Waals surface area contributed by atoms with Gasteiger partial charge in [0, 0.05) is 18.5 Å². The summed E-state index contributed by atoms with van der Waals surface area (Å²) in [5, 5.41) is 0. The maximum Gasteiger partial charge on any atom is 0.330 e. The highest BCUT2D eigenvalue weighted by Crippen LogP contribution is 2.17. The van der Waals surface area contributed by atoms with Crippen LogP contribution in [0.5, 0.6) is 0 Å². The van der Waals surface area contributed by atoms with E-state index in [0.717, 1.165) is 12.8 Å². The number of rotatable bonds is 26. The summed E-state index contributed by atoms with van der Waals surface area (Å²) in [5.74, 6) is -0.812. The number of nitrogens with zero attached hydrogens (tertiary/aromatic N) is 4. The van der Waals surface area contributed by atoms with E-state index >= 15 is 0 Å². The minimum absolute atomic E-state index is 0.0159. The molecule has 0 saturated heterocycles. The Bertz CT molecular complexity index is 1120. The zero-order valence-electron chi connectivity index (χ0n) is 28.3. The van der Waals surface area contributed by atoms with Crippen molar-refractivity contribution in [3.8, 4) is 0 Å². The first kappa shape index (κ1) is 38.2. The van der Waals surface area contributed by atoms with Crippen molar-refractivity contribution in [3.05, 3.63) is 24.7 Å². The Kier molecular flexibility index (Phi) is 19.8. The molecule has 254 valence electrons. The van der Waals surface area contributed by atoms with Crippen LogP contribution in [0, 0.1) is 11.8 Å². The monoisotopic (exact) mass is 628 g/mol. The molecule has 0 spiro atoms. The lowest BCUT2D eigenvalue weighted by molar-refractivity contribution is -0.147. The third-order valence-electron chi connectivity index (χ3n) is 8.28. The average Bonchev–Trinajstić information content (AvgIpc) is 3.41. The molecule has 0 aromatic carbocycles. The molecule has 2 aromatic heterocycles. The molecule has 2 heterocycles. The summed E-state index contributed by atoms with van der Waals surface area (Å²) in [6, 6.07) is -0.673. The molecule has 0 aliphatic heterocycles. The Morgan fingerprint density at radius 2 is 1.49 bits per heavy atom. The number of anilines is 1. The Morgan fingerprint density at radius 1 is 0.889 bits per heavy atom. The van der Waals surface area contributed by atoms with Gasteiger partial charge in [0.25, 0.3) is 0 Å². The summed E-state index contributed by atoms with van der Waals surface area (Å²) in [7, 11) is 0. The highest BCUT2D eigenvalue weighted by molar-refractivity contribution is 5.81. The van der Waals surface area contributed by atoms with Gasteiger partial charge < -0.3 is 25.5 Å². The van der Waals surface area contributed by atoms with Gasteiger partial charge in [-0.3, -0.25) is 4.79 Å². The molecule has 0 fully saturated rings. The summed E-state index contributed by atoms with van der Waals surface area (Å²) in [4.78, 5) is 37.3. The molecular weight excluding hydrogens is 568 g/mol. The third-order valence-corrected chi connectivity index (χ3v) is 8.28. The Morgan fingerprint density at radius 3 is 2.09 bits per heavy atom. The number of allylic oxidation sites excluding steroid dienone is 1. The van der Waals surface area contributed by atoms with Crippen molar-refractivity contribution in [2.24, 2.45) is 17.6 Å². The molecule has 4 N–H and O–H groups in total. The van der Waals surface area contributed by atoms with E-state index in [2.05, 4.69) is 21.9 Å². The van der Waals surface area contributed by atoms with Crippen LogP contribution in [0.2, 0.25) is 0 Å². The van der Waals surface area contributed by atoms with Gasteiger partial charge in [-0.15, -0.1) is 0 Å². The topological polar surface area (TPSA) is 148 Å². The number of carbonyl (C=O) groups is 2. The first-order valence-corrected chi connectivity index (χ1v) is 17.5. The molecule has 0 bridgehead atoms. The maximum atomic E-state index is 12.4. The zero-order chi connectivity index (χ0) is 32.7. The van der Waals surface area contributed by atoms with Crippen LogP contribution in [0.25, 0.3) is 11.2 Å². The fourth-order valence-electron chi connectivity index (χ4n) is 5.26. The van der Waals surface area contributed by atoms with Gasteiger partial charge in [-0.1, -0.05) is 117 Å². The number of aromatic nitrogens is 4. The predicted octanol–water partition coefficient (Wildman–Crippen LogP) is 7.30. The molecule has 0 aliphatic carbocycles. The second-order valence-corrected chi connectivity index (χ2v) is 12.7. The highest BCUT2D eigenvalue weighted by Gasteiger charge is 2.20. The summed E-state index contributed by atoms with van der Waals surface area (Å²) in [6.07, 6.45) is 28.0. The van der Waals surface area contributed by atoms with Crippen LogP contribution >= 0.6 is 0 Å². The van der Waals surface area contributed by atoms with Crippen molar-refractivity contribution >= 4 is 29.1 Å². The van der Waals surface area contributed by atoms with Gasteiger partial charge in [-0.05, 0) is 25.2 Å². The van der Waals surface area contributed by atoms with Crippen LogP contribution in [0.1, 0.15) is 130 Å². The predicted molar refractivity (Wildman–Crippen MR) is 181 cm³/mol. The second-order valence-electron chi connectivity index (χ2n) is 12.7. The molecule has 10 heteroatoms. The summed E-state index contributed by atoms with van der Waals surface area (Å²) < 4.78 is 12.8. The fourth-order valence-corrected chi connectivity index (χ4v) is 5.26. The second kappa shape index (κ2) is 23.3. The molecule has 2 aromatic rings. The normalized spacial score (nSPS) is 13.1. The van der Waals surface area contributed by atoms with Gasteiger partial charge in [0.05, 0.1) is 25.7 Å². The minimum Gasteiger partial charge on any atom is -0.465 e. The van der Waals surface area contributed by atoms with E-state index in [-0.39, 0.29) is 37.0 Å². The van der Waals surface area contributed by atoms with Crippen molar-refractivity contribution < 1.29 is 19.1 Å². The first-order chi connectivity index (χ1) is 21.8. The van der Waals surface area contributed by atoms with Crippen LogP contribution < -0.4 is 11.5 Å². The first-order valence-electron chi connectivity index (χ1n) is 17.5. The van der Waals surface area contributed by atoms with E-state index in [1.165, 1.54) is 96.0 Å². The number of carbonyl (C=O) groups excluding carboxylic acids is 2. The molecule has 2 rings (SSSR count). The number of unbranched alkanes of at least 4 members (excludes halogenated alkanes) is 15. The van der Waals surface area contributed by atoms with Gasteiger partial charge in [-0.2, -0.15) is 4.98 Å². The molecule has 0 radical (unpaired) electrons. The number of hydrogen-bond donors (Lipinski definition) is 2. The number of esters is 2. The van der Waals surface area contributed by atoms with E-state index in [0.29, 0.717) is 24.1 Å². The van der Waals surface area contributed by atoms with Gasteiger partial charge in [0.2, 0.25) is 5.95 Å². The SMILES string of the molecule is CCCCCCCCCCCCCCCCCC=CC(=O)OC[C@H](CCOC(=O)[C@@H](N)C(C)C)Cn1cnc2cnc(N)nc21. The fraction of sp³-hybridized carbons (Fsp3) is 0.743. The lowest BCUT2D eigenvalue weighted by Crippen LogP contribution is -2.37. The largest absolute Gasteiger partial charge is 0.465 e. The molecule has 0 saturated carbocycles. The van der Waals surface area contributed by atoms with E-state index in [9.17, 15) is 9.59 Å². The molecule has 2 atom stereocenters. The van der Waals surface area contributed by atoms with E-state index in [1.807, 2.05) is 24.5 Å². The third kappa shape index (κ3) is 16.8. The van der Waals surface area contributed by atoms with E-state index in [4.69, 9.17) is 20.9 Å². The van der Waals surface area contributed by atoms with Crippen LogP contribution in [-0.2, 0) is 25.6 Å². The van der Waals surface area contributed by atoms with E-state index < -0.39 is 12.0 Å². The van der Waals surface area contributed by atoms with E-state index in [1.54, 1.807) is 12.5 Å². The van der Waals surface area contributed by atoms with Crippen molar-refractivity contribution in [1.29, 1.82) is 0 Å². The van der Waals surface area contributed by atoms with Crippen molar-refractivity contribution in [1.82, 2.24) is 19.5 Å². The Balaban J connectivity index is 1.64. The lowest BCUT2D eigenvalue weighted by Gasteiger charge is -2.19. The minimum atomic E-state index is -0.673. The number of nitrogen functional groups attached to an aromatic ring is 1. The molecule has 10 nitrogen and oxygen atoms in total.